The fraction of sp³-hybridized carbons (Fsp3) is 0. The van der Waals surface area contributed by atoms with Crippen LogP contribution in [0, 0.1) is 0 Å². The van der Waals surface area contributed by atoms with Crippen molar-refractivity contribution in [3.63, 3.8) is 0 Å². The number of rotatable bonds is 5. The van der Waals surface area contributed by atoms with Gasteiger partial charge in [0.2, 0.25) is 0 Å². The Labute approximate surface area is 356 Å². The number of anilines is 3. The zero-order valence-electron chi connectivity index (χ0n) is 33.1. The molecule has 2 aromatic heterocycles. The first-order chi connectivity index (χ1) is 30.2. The van der Waals surface area contributed by atoms with Crippen LogP contribution in [0.15, 0.2) is 218 Å². The van der Waals surface area contributed by atoms with Gasteiger partial charge in [0.1, 0.15) is 0 Å². The van der Waals surface area contributed by atoms with E-state index < -0.39 is 0 Å². The van der Waals surface area contributed by atoms with Gasteiger partial charge in [0.05, 0.1) is 11.0 Å². The Kier molecular flexibility index (Phi) is 7.51. The van der Waals surface area contributed by atoms with Crippen LogP contribution in [-0.2, 0) is 0 Å². The molecular formula is C58H36N2S. The number of hydrogen-bond acceptors (Lipinski definition) is 2. The Morgan fingerprint density at radius 3 is 1.61 bits per heavy atom. The minimum Gasteiger partial charge on any atom is -0.310 e. The smallest absolute Gasteiger partial charge is 0.0541 e. The highest BCUT2D eigenvalue weighted by atomic mass is 32.1. The van der Waals surface area contributed by atoms with Gasteiger partial charge in [-0.1, -0.05) is 140 Å². The van der Waals surface area contributed by atoms with Gasteiger partial charge in [-0.3, -0.25) is 0 Å². The van der Waals surface area contributed by atoms with Gasteiger partial charge in [0.25, 0.3) is 0 Å². The van der Waals surface area contributed by atoms with E-state index in [2.05, 4.69) is 228 Å². The molecule has 0 saturated heterocycles. The van der Waals surface area contributed by atoms with Crippen molar-refractivity contribution in [3.05, 3.63) is 218 Å². The predicted molar refractivity (Wildman–Crippen MR) is 264 cm³/mol. The van der Waals surface area contributed by atoms with Crippen molar-refractivity contribution >= 4 is 113 Å². The SMILES string of the molecule is c1ccc2cc(-n3c4ccccc4c4cc(-c5ccc(N(c6ccc7sc8ccccc8c7c6)c6ccc7c8ccccc8c8ccccc8c7c6)cc5)ccc43)ccc2c1. The molecule has 11 aromatic carbocycles. The molecule has 0 amide bonds. The second-order valence-corrected chi connectivity index (χ2v) is 17.2. The van der Waals surface area contributed by atoms with Gasteiger partial charge >= 0.3 is 0 Å². The van der Waals surface area contributed by atoms with Crippen LogP contribution in [0.2, 0.25) is 0 Å². The molecule has 2 nitrogen and oxygen atoms in total. The van der Waals surface area contributed by atoms with Crippen molar-refractivity contribution in [2.45, 2.75) is 0 Å². The third-order valence-electron chi connectivity index (χ3n) is 12.7. The molecule has 0 saturated carbocycles. The summed E-state index contributed by atoms with van der Waals surface area (Å²) in [6.45, 7) is 0. The highest BCUT2D eigenvalue weighted by molar-refractivity contribution is 7.25. The largest absolute Gasteiger partial charge is 0.310 e. The van der Waals surface area contributed by atoms with Crippen LogP contribution in [0.5, 0.6) is 0 Å². The molecule has 61 heavy (non-hydrogen) atoms. The molecule has 2 heterocycles. The van der Waals surface area contributed by atoms with E-state index >= 15 is 0 Å². The maximum atomic E-state index is 2.43. The molecule has 3 heteroatoms. The van der Waals surface area contributed by atoms with Crippen molar-refractivity contribution in [1.29, 1.82) is 0 Å². The van der Waals surface area contributed by atoms with Gasteiger partial charge in [-0.15, -0.1) is 11.3 Å². The number of thiophene rings is 1. The Morgan fingerprint density at radius 2 is 0.836 bits per heavy atom. The molecule has 0 aliphatic heterocycles. The number of nitrogens with zero attached hydrogens (tertiary/aromatic N) is 2. The number of benzene rings is 11. The summed E-state index contributed by atoms with van der Waals surface area (Å²) in [7, 11) is 0. The average molecular weight is 793 g/mol. The van der Waals surface area contributed by atoms with E-state index in [1.807, 2.05) is 11.3 Å². The fourth-order valence-corrected chi connectivity index (χ4v) is 11.0. The molecule has 0 aliphatic rings. The maximum absolute atomic E-state index is 2.43. The van der Waals surface area contributed by atoms with E-state index in [0.717, 1.165) is 17.1 Å². The monoisotopic (exact) mass is 792 g/mol. The molecule has 13 aromatic rings. The van der Waals surface area contributed by atoms with E-state index in [4.69, 9.17) is 0 Å². The van der Waals surface area contributed by atoms with Gasteiger partial charge in [0.15, 0.2) is 0 Å². The molecule has 0 bridgehead atoms. The second-order valence-electron chi connectivity index (χ2n) is 16.1. The van der Waals surface area contributed by atoms with Crippen molar-refractivity contribution in [2.75, 3.05) is 4.90 Å². The zero-order valence-corrected chi connectivity index (χ0v) is 33.9. The summed E-state index contributed by atoms with van der Waals surface area (Å²) in [5.41, 5.74) is 9.34. The highest BCUT2D eigenvalue weighted by Crippen LogP contribution is 2.44. The van der Waals surface area contributed by atoms with Crippen molar-refractivity contribution in [2.24, 2.45) is 0 Å². The van der Waals surface area contributed by atoms with Crippen LogP contribution in [0.4, 0.5) is 17.1 Å². The van der Waals surface area contributed by atoms with Gasteiger partial charge < -0.3 is 9.47 Å². The van der Waals surface area contributed by atoms with E-state index in [0.29, 0.717) is 0 Å². The standard InChI is InChI=1S/C58H36N2S/c1-2-12-39-33-42(27-23-37(39)11-1)60-55-19-9-7-17-50(55)53-34-40(24-31-56(53)60)38-21-25-41(26-22-38)59(44-29-32-58-54(36-44)51-18-8-10-20-57(51)61-58)43-28-30-49-47-15-4-3-13-45(47)46-14-5-6-16-48(46)52(49)35-43/h1-36H. The summed E-state index contributed by atoms with van der Waals surface area (Å²) in [4.78, 5) is 2.43. The Morgan fingerprint density at radius 1 is 0.295 bits per heavy atom. The lowest BCUT2D eigenvalue weighted by Crippen LogP contribution is -2.09. The predicted octanol–water partition coefficient (Wildman–Crippen LogP) is 16.9. The molecule has 284 valence electrons. The van der Waals surface area contributed by atoms with Crippen molar-refractivity contribution in [1.82, 2.24) is 4.57 Å². The van der Waals surface area contributed by atoms with Crippen LogP contribution in [0.25, 0.3) is 102 Å². The van der Waals surface area contributed by atoms with Crippen LogP contribution in [0.1, 0.15) is 0 Å². The topological polar surface area (TPSA) is 8.17 Å². The van der Waals surface area contributed by atoms with Gasteiger partial charge in [-0.2, -0.15) is 0 Å². The number of aromatic nitrogens is 1. The summed E-state index contributed by atoms with van der Waals surface area (Å²) in [5, 5.41) is 15.2. The van der Waals surface area contributed by atoms with Crippen molar-refractivity contribution < 1.29 is 0 Å². The molecule has 0 atom stereocenters. The Bertz CT molecular complexity index is 3850. The van der Waals surface area contributed by atoms with E-state index in [-0.39, 0.29) is 0 Å². The van der Waals surface area contributed by atoms with E-state index in [1.54, 1.807) is 0 Å². The van der Waals surface area contributed by atoms with Gasteiger partial charge in [-0.25, -0.2) is 0 Å². The fourth-order valence-electron chi connectivity index (χ4n) is 9.88. The molecule has 0 radical (unpaired) electrons. The lowest BCUT2D eigenvalue weighted by molar-refractivity contribution is 1.19. The van der Waals surface area contributed by atoms with Crippen LogP contribution >= 0.6 is 11.3 Å². The summed E-state index contributed by atoms with van der Waals surface area (Å²) in [6.07, 6.45) is 0. The lowest BCUT2D eigenvalue weighted by Gasteiger charge is -2.26. The second kappa shape index (κ2) is 13.4. The summed E-state index contributed by atoms with van der Waals surface area (Å²) >= 11 is 1.86. The third kappa shape index (κ3) is 5.34. The minimum absolute atomic E-state index is 1.11. The normalized spacial score (nSPS) is 11.9. The highest BCUT2D eigenvalue weighted by Gasteiger charge is 2.19. The summed E-state index contributed by atoms with van der Waals surface area (Å²) in [5.74, 6) is 0. The third-order valence-corrected chi connectivity index (χ3v) is 13.9. The minimum atomic E-state index is 1.11. The molecule has 0 fully saturated rings. The molecule has 0 unspecified atom stereocenters. The molecule has 13 rings (SSSR count). The average Bonchev–Trinajstić information content (AvgIpc) is 3.87. The van der Waals surface area contributed by atoms with Gasteiger partial charge in [-0.05, 0) is 133 Å². The zero-order chi connectivity index (χ0) is 40.0. The van der Waals surface area contributed by atoms with Gasteiger partial charge in [0, 0.05) is 53.7 Å². The van der Waals surface area contributed by atoms with Crippen molar-refractivity contribution in [3.8, 4) is 16.8 Å². The molecular weight excluding hydrogens is 757 g/mol. The Hall–Kier alpha value is -7.72. The number of para-hydroxylation sites is 1. The van der Waals surface area contributed by atoms with Crippen LogP contribution in [-0.4, -0.2) is 4.57 Å². The maximum Gasteiger partial charge on any atom is 0.0541 e. The summed E-state index contributed by atoms with van der Waals surface area (Å²) < 4.78 is 5.02. The lowest BCUT2D eigenvalue weighted by atomic mass is 9.94. The van der Waals surface area contributed by atoms with E-state index in [9.17, 15) is 0 Å². The molecule has 0 spiro atoms. The molecule has 0 aliphatic carbocycles. The van der Waals surface area contributed by atoms with E-state index in [1.165, 1.54) is 102 Å². The van der Waals surface area contributed by atoms with Crippen LogP contribution in [0.3, 0.4) is 0 Å². The first-order valence-electron chi connectivity index (χ1n) is 20.9. The number of hydrogen-bond donors (Lipinski definition) is 0. The quantitative estimate of drug-likeness (QED) is 0.158. The molecule has 0 N–H and O–H groups in total. The first-order valence-corrected chi connectivity index (χ1v) is 21.7. The number of fused-ring (bicyclic) bond motifs is 13. The van der Waals surface area contributed by atoms with Crippen LogP contribution < -0.4 is 4.90 Å². The first kappa shape index (κ1) is 34.2. The Balaban J connectivity index is 0.965. The summed E-state index contributed by atoms with van der Waals surface area (Å²) in [6, 6.07) is 80.6.